The summed E-state index contributed by atoms with van der Waals surface area (Å²) in [5.41, 5.74) is 15.9. The topological polar surface area (TPSA) is 50.9 Å². The van der Waals surface area contributed by atoms with Crippen LogP contribution in [0.15, 0.2) is 127 Å². The molecule has 0 aliphatic heterocycles. The van der Waals surface area contributed by atoms with Crippen molar-refractivity contribution >= 4 is 11.0 Å². The number of phenols is 1. The van der Waals surface area contributed by atoms with Crippen LogP contribution in [0.4, 0.5) is 0 Å². The fourth-order valence-electron chi connectivity index (χ4n) is 8.94. The summed E-state index contributed by atoms with van der Waals surface area (Å²) in [5, 5.41) is 12.6. The molecule has 4 heteroatoms. The fourth-order valence-corrected chi connectivity index (χ4v) is 8.94. The maximum absolute atomic E-state index is 12.6. The molecule has 0 saturated heterocycles. The molecule has 2 aromatic heterocycles. The molecular formula is C64H73N3O. The lowest BCUT2D eigenvalue weighted by atomic mass is 9.78. The van der Waals surface area contributed by atoms with Gasteiger partial charge in [0.05, 0.1) is 33.5 Å². The van der Waals surface area contributed by atoms with E-state index in [4.69, 9.17) is 15.5 Å². The Balaban J connectivity index is 1.41. The quantitative estimate of drug-likeness (QED) is 0.181. The molecule has 1 N–H and O–H groups in total. The first-order chi connectivity index (χ1) is 33.2. The van der Waals surface area contributed by atoms with Crippen LogP contribution in [-0.4, -0.2) is 19.6 Å². The summed E-state index contributed by atoms with van der Waals surface area (Å²) >= 11 is 0. The van der Waals surface area contributed by atoms with Crippen molar-refractivity contribution in [3.63, 3.8) is 0 Å². The lowest BCUT2D eigenvalue weighted by Gasteiger charge is -2.27. The van der Waals surface area contributed by atoms with Crippen LogP contribution in [0.2, 0.25) is 0 Å². The number of pyridine rings is 1. The predicted octanol–water partition coefficient (Wildman–Crippen LogP) is 17.6. The summed E-state index contributed by atoms with van der Waals surface area (Å²) in [6.07, 6.45) is 1.68. The Kier molecular flexibility index (Phi) is 10.8. The summed E-state index contributed by atoms with van der Waals surface area (Å²) in [6.45, 7) is 37.1. The Hall–Kier alpha value is -6.26. The molecule has 0 fully saturated rings. The molecule has 8 rings (SSSR count). The standard InChI is InChI=1S/C64H73N3O/c1-39-21-23-41(24-22-39)43-27-28-65-54(35-43)46-30-45(33-47(34-46)60(3,4)5)51-19-18-20-56-57(51)66-59(52-37-50(63(12,13)14)38-53(58(52)68)64(15,16)17)67(56)55-26-25-42(29-40(55)2)44-31-48(61(6,7)8)36-49(32-44)62(9,10)11/h18-38,68H,1-17H3/i21D,22D,23D,24D. The Morgan fingerprint density at radius 1 is 0.485 bits per heavy atom. The van der Waals surface area contributed by atoms with E-state index >= 15 is 0 Å². The zero-order valence-corrected chi connectivity index (χ0v) is 43.6. The monoisotopic (exact) mass is 904 g/mol. The summed E-state index contributed by atoms with van der Waals surface area (Å²) < 4.78 is 37.1. The summed E-state index contributed by atoms with van der Waals surface area (Å²) in [7, 11) is 0. The van der Waals surface area contributed by atoms with Gasteiger partial charge in [-0.2, -0.15) is 0 Å². The van der Waals surface area contributed by atoms with Crippen molar-refractivity contribution in [1.29, 1.82) is 0 Å². The largest absolute Gasteiger partial charge is 0.507 e. The molecule has 0 spiro atoms. The third-order valence-corrected chi connectivity index (χ3v) is 13.4. The van der Waals surface area contributed by atoms with Gasteiger partial charge in [0.15, 0.2) is 0 Å². The van der Waals surface area contributed by atoms with Gasteiger partial charge in [0.1, 0.15) is 11.6 Å². The van der Waals surface area contributed by atoms with E-state index in [1.54, 1.807) is 19.2 Å². The van der Waals surface area contributed by atoms with Crippen LogP contribution in [0.3, 0.4) is 0 Å². The third-order valence-electron chi connectivity index (χ3n) is 13.4. The number of aromatic nitrogens is 3. The number of phenolic OH excluding ortho intramolecular Hbond substituents is 1. The number of hydrogen-bond acceptors (Lipinski definition) is 3. The first kappa shape index (κ1) is 43.0. The zero-order chi connectivity index (χ0) is 52.9. The van der Waals surface area contributed by atoms with Gasteiger partial charge >= 0.3 is 0 Å². The van der Waals surface area contributed by atoms with Crippen LogP contribution in [-0.2, 0) is 27.1 Å². The normalized spacial score (nSPS) is 13.7. The lowest BCUT2D eigenvalue weighted by molar-refractivity contribution is 0.446. The van der Waals surface area contributed by atoms with Crippen LogP contribution >= 0.6 is 0 Å². The van der Waals surface area contributed by atoms with Gasteiger partial charge in [0, 0.05) is 22.9 Å². The van der Waals surface area contributed by atoms with Crippen molar-refractivity contribution in [2.75, 3.05) is 0 Å². The molecule has 0 radical (unpaired) electrons. The summed E-state index contributed by atoms with van der Waals surface area (Å²) in [4.78, 5) is 10.5. The van der Waals surface area contributed by atoms with Crippen LogP contribution in [0.1, 0.15) is 148 Å². The Morgan fingerprint density at radius 3 is 1.63 bits per heavy atom. The Labute approximate surface area is 413 Å². The average Bonchev–Trinajstić information content (AvgIpc) is 3.67. The number of fused-ring (bicyclic) bond motifs is 1. The van der Waals surface area contributed by atoms with Crippen LogP contribution in [0.25, 0.3) is 72.7 Å². The number of para-hydroxylation sites is 1. The second kappa shape index (κ2) is 17.1. The van der Waals surface area contributed by atoms with E-state index in [9.17, 15) is 5.11 Å². The van der Waals surface area contributed by atoms with Crippen molar-refractivity contribution in [1.82, 2.24) is 14.5 Å². The van der Waals surface area contributed by atoms with Gasteiger partial charge in [-0.1, -0.05) is 182 Å². The highest BCUT2D eigenvalue weighted by Gasteiger charge is 2.30. The molecule has 0 aliphatic carbocycles. The first-order valence-electron chi connectivity index (χ1n) is 26.1. The highest BCUT2D eigenvalue weighted by Crippen LogP contribution is 2.46. The molecule has 350 valence electrons. The molecule has 0 unspecified atom stereocenters. The van der Waals surface area contributed by atoms with E-state index in [1.165, 1.54) is 16.7 Å². The molecule has 4 nitrogen and oxygen atoms in total. The molecule has 68 heavy (non-hydrogen) atoms. The van der Waals surface area contributed by atoms with Crippen molar-refractivity contribution in [2.24, 2.45) is 0 Å². The van der Waals surface area contributed by atoms with E-state index in [1.807, 2.05) is 6.07 Å². The minimum atomic E-state index is -0.362. The van der Waals surface area contributed by atoms with Gasteiger partial charge in [0.2, 0.25) is 0 Å². The van der Waals surface area contributed by atoms with Crippen LogP contribution in [0, 0.1) is 13.8 Å². The van der Waals surface area contributed by atoms with Crippen molar-refractivity contribution < 1.29 is 10.6 Å². The molecule has 2 heterocycles. The van der Waals surface area contributed by atoms with Crippen molar-refractivity contribution in [3.05, 3.63) is 166 Å². The molecule has 0 aliphatic rings. The molecule has 0 atom stereocenters. The fraction of sp³-hybridized carbons (Fsp3) is 0.344. The van der Waals surface area contributed by atoms with Crippen molar-refractivity contribution in [2.45, 2.75) is 145 Å². The first-order valence-corrected chi connectivity index (χ1v) is 24.1. The Morgan fingerprint density at radius 2 is 1.04 bits per heavy atom. The maximum atomic E-state index is 12.6. The van der Waals surface area contributed by atoms with E-state index < -0.39 is 0 Å². The number of hydrogen-bond donors (Lipinski definition) is 1. The number of benzene rings is 6. The van der Waals surface area contributed by atoms with E-state index in [2.05, 4.69) is 200 Å². The van der Waals surface area contributed by atoms with E-state index in [0.29, 0.717) is 28.2 Å². The van der Waals surface area contributed by atoms with Crippen LogP contribution < -0.4 is 0 Å². The SMILES string of the molecule is [2H]c1c([2H])c(-c2ccnc(-c3cc(-c4cccc5c4nc(-c4cc(C(C)(C)C)cc(C(C)(C)C)c4O)n5-c4ccc(-c5cc(C(C)(C)C)cc(C(C)(C)C)c5)cc4C)cc(C(C)(C)C)c3)c2)c([2H])c([2H])c1C. The van der Waals surface area contributed by atoms with Gasteiger partial charge in [0.25, 0.3) is 0 Å². The maximum Gasteiger partial charge on any atom is 0.149 e. The minimum Gasteiger partial charge on any atom is -0.507 e. The molecule has 8 aromatic rings. The van der Waals surface area contributed by atoms with E-state index in [-0.39, 0.29) is 62.6 Å². The third kappa shape index (κ3) is 9.57. The van der Waals surface area contributed by atoms with Gasteiger partial charge in [-0.25, -0.2) is 4.98 Å². The molecule has 0 amide bonds. The van der Waals surface area contributed by atoms with Crippen molar-refractivity contribution in [3.8, 4) is 67.5 Å². The van der Waals surface area contributed by atoms with E-state index in [0.717, 1.165) is 61.2 Å². The molecule has 0 bridgehead atoms. The smallest absolute Gasteiger partial charge is 0.149 e. The number of rotatable bonds is 6. The van der Waals surface area contributed by atoms with Crippen LogP contribution in [0.5, 0.6) is 5.75 Å². The second-order valence-corrected chi connectivity index (χ2v) is 24.1. The molecule has 0 saturated carbocycles. The summed E-state index contributed by atoms with van der Waals surface area (Å²) in [5.74, 6) is 0.863. The summed E-state index contributed by atoms with van der Waals surface area (Å²) in [6, 6.07) is 34.3. The van der Waals surface area contributed by atoms with Gasteiger partial charge in [-0.15, -0.1) is 0 Å². The number of aryl methyl sites for hydroxylation is 1. The number of imidazole rings is 1. The van der Waals surface area contributed by atoms with Gasteiger partial charge in [-0.3, -0.25) is 9.55 Å². The average molecular weight is 904 g/mol. The minimum absolute atomic E-state index is 0.0313. The highest BCUT2D eigenvalue weighted by atomic mass is 16.3. The zero-order valence-electron chi connectivity index (χ0n) is 47.6. The second-order valence-electron chi connectivity index (χ2n) is 24.1. The number of nitrogens with zero attached hydrogens (tertiary/aromatic N) is 3. The van der Waals surface area contributed by atoms with Gasteiger partial charge in [-0.05, 0) is 145 Å². The Bertz CT molecular complexity index is 3390. The van der Waals surface area contributed by atoms with Gasteiger partial charge < -0.3 is 5.11 Å². The predicted molar refractivity (Wildman–Crippen MR) is 291 cm³/mol. The molecule has 6 aromatic carbocycles. The molecular weight excluding hydrogens is 827 g/mol. The highest BCUT2D eigenvalue weighted by molar-refractivity contribution is 5.97. The lowest BCUT2D eigenvalue weighted by Crippen LogP contribution is -2.17. The number of aromatic hydroxyl groups is 1.